The van der Waals surface area contributed by atoms with Crippen molar-refractivity contribution in [2.75, 3.05) is 24.2 Å². The summed E-state index contributed by atoms with van der Waals surface area (Å²) in [6.07, 6.45) is 2.78. The van der Waals surface area contributed by atoms with Crippen LogP contribution in [0, 0.1) is 0 Å². The van der Waals surface area contributed by atoms with Gasteiger partial charge in [-0.05, 0) is 43.9 Å². The Balaban J connectivity index is 2.22. The fourth-order valence-electron chi connectivity index (χ4n) is 3.96. The topological polar surface area (TPSA) is 96.0 Å². The van der Waals surface area contributed by atoms with E-state index in [1.165, 1.54) is 11.4 Å². The zero-order valence-corrected chi connectivity index (χ0v) is 22.8. The predicted octanol–water partition coefficient (Wildman–Crippen LogP) is 3.96. The summed E-state index contributed by atoms with van der Waals surface area (Å²) >= 11 is 0. The smallest absolute Gasteiger partial charge is 0.243 e. The number of nitrogens with zero attached hydrogens (tertiary/aromatic N) is 2. The molecule has 36 heavy (non-hydrogen) atoms. The van der Waals surface area contributed by atoms with Gasteiger partial charge in [0.2, 0.25) is 21.8 Å². The van der Waals surface area contributed by atoms with Crippen LogP contribution >= 0.6 is 0 Å². The third-order valence-electron chi connectivity index (χ3n) is 6.09. The first-order valence-corrected chi connectivity index (χ1v) is 14.2. The van der Waals surface area contributed by atoms with Crippen LogP contribution in [-0.2, 0) is 26.2 Å². The number of amides is 2. The van der Waals surface area contributed by atoms with Crippen LogP contribution in [0.25, 0.3) is 0 Å². The molecule has 0 heterocycles. The maximum absolute atomic E-state index is 13.5. The van der Waals surface area contributed by atoms with Gasteiger partial charge in [0.05, 0.1) is 19.1 Å². The van der Waals surface area contributed by atoms with Crippen molar-refractivity contribution < 1.29 is 22.7 Å². The molecular weight excluding hydrogens is 478 g/mol. The van der Waals surface area contributed by atoms with Crippen LogP contribution in [0.4, 0.5) is 5.69 Å². The Morgan fingerprint density at radius 1 is 1.00 bits per heavy atom. The molecule has 2 atom stereocenters. The Kier molecular flexibility index (Phi) is 11.2. The Labute approximate surface area is 215 Å². The SMILES string of the molecule is CC[C@@H](C)NC(=O)[C@@H](CC)N(Cc1ccccc1)C(=O)CCCN(c1ccccc1OC)S(C)(=O)=O. The zero-order valence-electron chi connectivity index (χ0n) is 21.9. The van der Waals surface area contributed by atoms with Crippen molar-refractivity contribution in [1.82, 2.24) is 10.2 Å². The lowest BCUT2D eigenvalue weighted by Gasteiger charge is -2.32. The molecule has 1 N–H and O–H groups in total. The average molecular weight is 518 g/mol. The predicted molar refractivity (Wildman–Crippen MR) is 143 cm³/mol. The second kappa shape index (κ2) is 13.9. The van der Waals surface area contributed by atoms with Crippen molar-refractivity contribution >= 4 is 27.5 Å². The van der Waals surface area contributed by atoms with E-state index in [4.69, 9.17) is 4.74 Å². The first-order valence-electron chi connectivity index (χ1n) is 12.4. The maximum Gasteiger partial charge on any atom is 0.243 e. The second-order valence-electron chi connectivity index (χ2n) is 8.86. The van der Waals surface area contributed by atoms with Gasteiger partial charge in [-0.1, -0.05) is 56.3 Å². The summed E-state index contributed by atoms with van der Waals surface area (Å²) in [4.78, 5) is 28.1. The number of hydrogen-bond donors (Lipinski definition) is 1. The third kappa shape index (κ3) is 8.26. The van der Waals surface area contributed by atoms with E-state index in [-0.39, 0.29) is 30.8 Å². The Bertz CT molecular complexity index is 1090. The van der Waals surface area contributed by atoms with Crippen molar-refractivity contribution in [2.45, 2.75) is 65.1 Å². The van der Waals surface area contributed by atoms with Crippen LogP contribution in [0.2, 0.25) is 0 Å². The molecule has 0 bridgehead atoms. The molecule has 0 aliphatic heterocycles. The van der Waals surface area contributed by atoms with E-state index in [1.54, 1.807) is 29.2 Å². The van der Waals surface area contributed by atoms with Crippen molar-refractivity contribution in [1.29, 1.82) is 0 Å². The van der Waals surface area contributed by atoms with Crippen molar-refractivity contribution in [3.63, 3.8) is 0 Å². The number of carbonyl (C=O) groups excluding carboxylic acids is 2. The molecule has 2 aromatic carbocycles. The van der Waals surface area contributed by atoms with Gasteiger partial charge >= 0.3 is 0 Å². The van der Waals surface area contributed by atoms with Gasteiger partial charge in [-0.2, -0.15) is 0 Å². The summed E-state index contributed by atoms with van der Waals surface area (Å²) in [6, 6.07) is 15.8. The van der Waals surface area contributed by atoms with Crippen LogP contribution < -0.4 is 14.4 Å². The van der Waals surface area contributed by atoms with Gasteiger partial charge in [-0.15, -0.1) is 0 Å². The van der Waals surface area contributed by atoms with E-state index in [0.717, 1.165) is 18.2 Å². The van der Waals surface area contributed by atoms with Gasteiger partial charge in [0.25, 0.3) is 0 Å². The molecule has 2 rings (SSSR count). The molecular formula is C27H39N3O5S. The normalized spacial score (nSPS) is 12.9. The molecule has 2 aromatic rings. The number of benzene rings is 2. The zero-order chi connectivity index (χ0) is 26.7. The summed E-state index contributed by atoms with van der Waals surface area (Å²) in [5.74, 6) is 0.0640. The molecule has 0 spiro atoms. The van der Waals surface area contributed by atoms with Crippen LogP contribution in [0.15, 0.2) is 54.6 Å². The Morgan fingerprint density at radius 3 is 2.22 bits per heavy atom. The fraction of sp³-hybridized carbons (Fsp3) is 0.481. The Hall–Kier alpha value is -3.07. The number of anilines is 1. The second-order valence-corrected chi connectivity index (χ2v) is 10.8. The molecule has 2 amide bonds. The van der Waals surface area contributed by atoms with Crippen molar-refractivity contribution in [2.24, 2.45) is 0 Å². The van der Waals surface area contributed by atoms with Crippen molar-refractivity contribution in [3.8, 4) is 5.75 Å². The lowest BCUT2D eigenvalue weighted by molar-refractivity contribution is -0.141. The number of ether oxygens (including phenoxy) is 1. The highest BCUT2D eigenvalue weighted by Gasteiger charge is 2.29. The standard InChI is InChI=1S/C27H39N3O5S/c1-6-21(3)28-27(32)23(7-2)29(20-22-14-9-8-10-15-22)26(31)18-13-19-30(36(5,33)34)24-16-11-12-17-25(24)35-4/h8-12,14-17,21,23H,6-7,13,18-20H2,1-5H3,(H,28,32)/t21-,23-/m1/s1. The molecule has 0 saturated heterocycles. The molecule has 9 heteroatoms. The quantitative estimate of drug-likeness (QED) is 0.409. The van der Waals surface area contributed by atoms with Gasteiger partial charge < -0.3 is 15.0 Å². The summed E-state index contributed by atoms with van der Waals surface area (Å²) in [6.45, 7) is 6.23. The lowest BCUT2D eigenvalue weighted by atomic mass is 10.1. The number of para-hydroxylation sites is 2. The number of carbonyl (C=O) groups is 2. The molecule has 0 unspecified atom stereocenters. The van der Waals surface area contributed by atoms with E-state index in [1.807, 2.05) is 51.1 Å². The minimum absolute atomic E-state index is 0.00407. The first kappa shape index (κ1) is 29.2. The van der Waals surface area contributed by atoms with Gasteiger partial charge in [-0.3, -0.25) is 13.9 Å². The molecule has 0 aromatic heterocycles. The Morgan fingerprint density at radius 2 is 1.64 bits per heavy atom. The number of hydrogen-bond acceptors (Lipinski definition) is 5. The number of rotatable bonds is 14. The number of sulfonamides is 1. The summed E-state index contributed by atoms with van der Waals surface area (Å²) < 4.78 is 31.7. The molecule has 8 nitrogen and oxygen atoms in total. The largest absolute Gasteiger partial charge is 0.495 e. The van der Waals surface area contributed by atoms with E-state index in [0.29, 0.717) is 30.8 Å². The monoisotopic (exact) mass is 517 g/mol. The van der Waals surface area contributed by atoms with E-state index < -0.39 is 16.1 Å². The highest BCUT2D eigenvalue weighted by Crippen LogP contribution is 2.29. The summed E-state index contributed by atoms with van der Waals surface area (Å²) in [5, 5.41) is 3.00. The average Bonchev–Trinajstić information content (AvgIpc) is 2.86. The van der Waals surface area contributed by atoms with Crippen molar-refractivity contribution in [3.05, 3.63) is 60.2 Å². The fourth-order valence-corrected chi connectivity index (χ4v) is 4.93. The van der Waals surface area contributed by atoms with Gasteiger partial charge in [0.1, 0.15) is 11.8 Å². The van der Waals surface area contributed by atoms with Crippen LogP contribution in [0.3, 0.4) is 0 Å². The number of methoxy groups -OCH3 is 1. The molecule has 0 aliphatic carbocycles. The third-order valence-corrected chi connectivity index (χ3v) is 7.27. The minimum Gasteiger partial charge on any atom is -0.495 e. The first-order chi connectivity index (χ1) is 17.1. The number of nitrogens with one attached hydrogen (secondary N) is 1. The van der Waals surface area contributed by atoms with E-state index in [9.17, 15) is 18.0 Å². The summed E-state index contributed by atoms with van der Waals surface area (Å²) in [7, 11) is -2.12. The molecule has 0 radical (unpaired) electrons. The molecule has 0 aliphatic rings. The van der Waals surface area contributed by atoms with Gasteiger partial charge in [0, 0.05) is 25.6 Å². The van der Waals surface area contributed by atoms with E-state index >= 15 is 0 Å². The minimum atomic E-state index is -3.60. The van der Waals surface area contributed by atoms with E-state index in [2.05, 4.69) is 5.32 Å². The van der Waals surface area contributed by atoms with Crippen LogP contribution in [-0.4, -0.2) is 57.1 Å². The summed E-state index contributed by atoms with van der Waals surface area (Å²) in [5.41, 5.74) is 1.35. The highest BCUT2D eigenvalue weighted by atomic mass is 32.2. The molecule has 0 fully saturated rings. The lowest BCUT2D eigenvalue weighted by Crippen LogP contribution is -2.50. The van der Waals surface area contributed by atoms with Gasteiger partial charge in [-0.25, -0.2) is 8.42 Å². The van der Waals surface area contributed by atoms with Crippen LogP contribution in [0.5, 0.6) is 5.75 Å². The maximum atomic E-state index is 13.5. The van der Waals surface area contributed by atoms with Crippen LogP contribution in [0.1, 0.15) is 52.0 Å². The molecule has 198 valence electrons. The molecule has 0 saturated carbocycles. The van der Waals surface area contributed by atoms with Gasteiger partial charge in [0.15, 0.2) is 0 Å². The highest BCUT2D eigenvalue weighted by molar-refractivity contribution is 7.92.